The lowest BCUT2D eigenvalue weighted by molar-refractivity contribution is -0.135. The summed E-state index contributed by atoms with van der Waals surface area (Å²) in [5.74, 6) is 0.433. The summed E-state index contributed by atoms with van der Waals surface area (Å²) in [6, 6.07) is 0. The van der Waals surface area contributed by atoms with Crippen molar-refractivity contribution in [3.05, 3.63) is 0 Å². The molecule has 0 aromatic rings. The number of unbranched alkanes of at least 4 members (excludes halogenated alkanes) is 2. The Morgan fingerprint density at radius 1 is 1.00 bits per heavy atom. The van der Waals surface area contributed by atoms with Crippen LogP contribution in [0.2, 0.25) is 0 Å². The predicted molar refractivity (Wildman–Crippen MR) is 46.1 cm³/mol. The molecule has 0 bridgehead atoms. The normalized spacial score (nSPS) is 12.0. The third-order valence-electron chi connectivity index (χ3n) is 1.47. The molecule has 80 valence electrons. The molecule has 0 saturated carbocycles. The number of rotatable bonds is 7. The molecule has 13 heavy (non-hydrogen) atoms. The summed E-state index contributed by atoms with van der Waals surface area (Å²) < 4.78 is 39.9. The summed E-state index contributed by atoms with van der Waals surface area (Å²) in [5.41, 5.74) is 0. The first-order chi connectivity index (χ1) is 6.06. The third kappa shape index (κ3) is 12.0. The topological polar surface area (TPSA) is 9.23 Å². The quantitative estimate of drug-likeness (QED) is 0.470. The molecule has 0 aromatic heterocycles. The molecule has 0 aromatic carbocycles. The summed E-state index contributed by atoms with van der Waals surface area (Å²) >= 11 is 5.33. The van der Waals surface area contributed by atoms with Crippen LogP contribution in [0.15, 0.2) is 0 Å². The number of halogens is 4. The van der Waals surface area contributed by atoms with Crippen LogP contribution in [0.1, 0.15) is 25.7 Å². The molecule has 1 nitrogen and oxygen atoms in total. The highest BCUT2D eigenvalue weighted by Crippen LogP contribution is 2.22. The van der Waals surface area contributed by atoms with E-state index in [-0.39, 0.29) is 6.42 Å². The van der Waals surface area contributed by atoms with E-state index in [2.05, 4.69) is 0 Å². The van der Waals surface area contributed by atoms with Crippen LogP contribution >= 0.6 is 11.6 Å². The Balaban J connectivity index is 3.00. The Morgan fingerprint density at radius 2 is 1.69 bits per heavy atom. The van der Waals surface area contributed by atoms with Crippen molar-refractivity contribution in [2.75, 3.05) is 19.1 Å². The van der Waals surface area contributed by atoms with Crippen LogP contribution in [0.4, 0.5) is 13.2 Å². The second-order valence-corrected chi connectivity index (χ2v) is 3.11. The first-order valence-electron chi connectivity index (χ1n) is 4.27. The van der Waals surface area contributed by atoms with Gasteiger partial charge in [0.15, 0.2) is 0 Å². The van der Waals surface area contributed by atoms with Crippen LogP contribution in [0.25, 0.3) is 0 Å². The molecule has 5 heteroatoms. The Hall–Kier alpha value is 0.0400. The second-order valence-electron chi connectivity index (χ2n) is 2.73. The molecule has 0 fully saturated rings. The van der Waals surface area contributed by atoms with E-state index in [1.54, 1.807) is 0 Å². The smallest absolute Gasteiger partial charge is 0.380 e. The van der Waals surface area contributed by atoms with Gasteiger partial charge in [-0.3, -0.25) is 0 Å². The van der Waals surface area contributed by atoms with Gasteiger partial charge >= 0.3 is 6.18 Å². The van der Waals surface area contributed by atoms with Gasteiger partial charge in [0.1, 0.15) is 0 Å². The lowest BCUT2D eigenvalue weighted by Crippen LogP contribution is -2.06. The van der Waals surface area contributed by atoms with Crippen LogP contribution < -0.4 is 0 Å². The van der Waals surface area contributed by atoms with Crippen molar-refractivity contribution in [2.24, 2.45) is 0 Å². The predicted octanol–water partition coefficient (Wildman–Crippen LogP) is 3.36. The molecular formula is C8H14ClF3O. The fourth-order valence-corrected chi connectivity index (χ4v) is 0.972. The van der Waals surface area contributed by atoms with Crippen LogP contribution in [0, 0.1) is 0 Å². The minimum Gasteiger partial charge on any atom is -0.380 e. The maximum atomic E-state index is 11.6. The molecule has 0 N–H and O–H groups in total. The van der Waals surface area contributed by atoms with Gasteiger partial charge in [-0.15, -0.1) is 11.6 Å². The maximum absolute atomic E-state index is 11.6. The van der Waals surface area contributed by atoms with E-state index in [9.17, 15) is 13.2 Å². The third-order valence-corrected chi connectivity index (χ3v) is 1.62. The molecule has 0 aliphatic heterocycles. The Labute approximate surface area is 81.2 Å². The first-order valence-corrected chi connectivity index (χ1v) is 4.80. The lowest BCUT2D eigenvalue weighted by Gasteiger charge is -2.05. The number of alkyl halides is 4. The maximum Gasteiger partial charge on any atom is 0.389 e. The van der Waals surface area contributed by atoms with Gasteiger partial charge < -0.3 is 4.74 Å². The van der Waals surface area contributed by atoms with Gasteiger partial charge in [-0.25, -0.2) is 0 Å². The SMILES string of the molecule is FC(F)(F)CCCCCOCCCl. The number of hydrogen-bond donors (Lipinski definition) is 0. The number of hydrogen-bond acceptors (Lipinski definition) is 1. The lowest BCUT2D eigenvalue weighted by atomic mass is 10.2. The highest BCUT2D eigenvalue weighted by atomic mass is 35.5. The molecule has 0 atom stereocenters. The molecule has 0 saturated heterocycles. The highest BCUT2D eigenvalue weighted by molar-refractivity contribution is 6.17. The summed E-state index contributed by atoms with van der Waals surface area (Å²) in [6.45, 7) is 0.978. The van der Waals surface area contributed by atoms with Crippen molar-refractivity contribution in [3.63, 3.8) is 0 Å². The van der Waals surface area contributed by atoms with Crippen molar-refractivity contribution in [2.45, 2.75) is 31.9 Å². The van der Waals surface area contributed by atoms with Crippen molar-refractivity contribution in [1.82, 2.24) is 0 Å². The van der Waals surface area contributed by atoms with Gasteiger partial charge in [0.2, 0.25) is 0 Å². The van der Waals surface area contributed by atoms with Crippen LogP contribution in [-0.4, -0.2) is 25.3 Å². The highest BCUT2D eigenvalue weighted by Gasteiger charge is 2.25. The van der Waals surface area contributed by atoms with Gasteiger partial charge in [-0.1, -0.05) is 6.42 Å². The molecule has 0 aliphatic rings. The first kappa shape index (κ1) is 13.0. The van der Waals surface area contributed by atoms with Gasteiger partial charge in [0.25, 0.3) is 0 Å². The Bertz CT molecular complexity index is 116. The molecule has 0 radical (unpaired) electrons. The zero-order valence-electron chi connectivity index (χ0n) is 7.37. The average Bonchev–Trinajstić information content (AvgIpc) is 2.01. The molecule has 0 amide bonds. The van der Waals surface area contributed by atoms with Crippen molar-refractivity contribution >= 4 is 11.6 Å². The Kier molecular flexibility index (Phi) is 7.47. The monoisotopic (exact) mass is 218 g/mol. The minimum absolute atomic E-state index is 0.188. The van der Waals surface area contributed by atoms with Gasteiger partial charge in [-0.05, 0) is 12.8 Å². The van der Waals surface area contributed by atoms with Crippen molar-refractivity contribution < 1.29 is 17.9 Å². The summed E-state index contributed by atoms with van der Waals surface area (Å²) in [4.78, 5) is 0. The van der Waals surface area contributed by atoms with Crippen LogP contribution in [0.5, 0.6) is 0 Å². The number of ether oxygens (including phenoxy) is 1. The zero-order chi connectivity index (χ0) is 10.2. The molecule has 0 heterocycles. The van der Waals surface area contributed by atoms with E-state index >= 15 is 0 Å². The Morgan fingerprint density at radius 3 is 2.23 bits per heavy atom. The van der Waals surface area contributed by atoms with Gasteiger partial charge in [-0.2, -0.15) is 13.2 Å². The van der Waals surface area contributed by atoms with E-state index in [1.165, 1.54) is 0 Å². The molecule has 0 aliphatic carbocycles. The molecular weight excluding hydrogens is 205 g/mol. The van der Waals surface area contributed by atoms with Gasteiger partial charge in [0, 0.05) is 18.9 Å². The van der Waals surface area contributed by atoms with Crippen molar-refractivity contribution in [1.29, 1.82) is 0 Å². The fraction of sp³-hybridized carbons (Fsp3) is 1.00. The summed E-state index contributed by atoms with van der Waals surface area (Å²) in [7, 11) is 0. The second kappa shape index (κ2) is 7.44. The standard InChI is InChI=1S/C8H14ClF3O/c9-5-7-13-6-3-1-2-4-8(10,11)12/h1-7H2. The van der Waals surface area contributed by atoms with Crippen LogP contribution in [0.3, 0.4) is 0 Å². The van der Waals surface area contributed by atoms with E-state index in [4.69, 9.17) is 16.3 Å². The average molecular weight is 219 g/mol. The van der Waals surface area contributed by atoms with Crippen LogP contribution in [-0.2, 0) is 4.74 Å². The fourth-order valence-electron chi connectivity index (χ4n) is 0.863. The summed E-state index contributed by atoms with van der Waals surface area (Å²) in [6.07, 6.45) is -3.29. The largest absolute Gasteiger partial charge is 0.389 e. The van der Waals surface area contributed by atoms with E-state index in [1.807, 2.05) is 0 Å². The molecule has 0 spiro atoms. The van der Waals surface area contributed by atoms with E-state index in [0.29, 0.717) is 31.9 Å². The van der Waals surface area contributed by atoms with Gasteiger partial charge in [0.05, 0.1) is 6.61 Å². The van der Waals surface area contributed by atoms with E-state index < -0.39 is 12.6 Å². The molecule has 0 unspecified atom stereocenters. The minimum atomic E-state index is -4.02. The summed E-state index contributed by atoms with van der Waals surface area (Å²) in [5, 5.41) is 0. The van der Waals surface area contributed by atoms with Crippen molar-refractivity contribution in [3.8, 4) is 0 Å². The molecule has 0 rings (SSSR count). The zero-order valence-corrected chi connectivity index (χ0v) is 8.13. The van der Waals surface area contributed by atoms with E-state index in [0.717, 1.165) is 0 Å².